The second-order valence-corrected chi connectivity index (χ2v) is 5.23. The smallest absolute Gasteiger partial charge is 0.387 e. The van der Waals surface area contributed by atoms with Crippen molar-refractivity contribution in [1.29, 1.82) is 0 Å². The van der Waals surface area contributed by atoms with Gasteiger partial charge < -0.3 is 24.8 Å². The summed E-state index contributed by atoms with van der Waals surface area (Å²) in [5, 5.41) is 5.98. The molecule has 2 aromatic rings. The van der Waals surface area contributed by atoms with Crippen LogP contribution in [0.15, 0.2) is 36.4 Å². The Bertz CT molecular complexity index is 773. The minimum atomic E-state index is -3.02. The third kappa shape index (κ3) is 3.28. The van der Waals surface area contributed by atoms with Gasteiger partial charge >= 0.3 is 6.61 Å². The van der Waals surface area contributed by atoms with Gasteiger partial charge in [0.2, 0.25) is 5.75 Å². The zero-order valence-corrected chi connectivity index (χ0v) is 13.5. The number of para-hydroxylation sites is 1. The molecule has 25 heavy (non-hydrogen) atoms. The zero-order chi connectivity index (χ0) is 18.0. The molecule has 1 aliphatic rings. The van der Waals surface area contributed by atoms with E-state index < -0.39 is 12.8 Å². The molecule has 3 rings (SSSR count). The molecule has 1 aliphatic heterocycles. The zero-order valence-electron chi connectivity index (χ0n) is 13.5. The molecule has 8 heteroatoms. The molecule has 0 unspecified atom stereocenters. The van der Waals surface area contributed by atoms with Crippen LogP contribution in [-0.2, 0) is 0 Å². The van der Waals surface area contributed by atoms with Gasteiger partial charge in [-0.25, -0.2) is 0 Å². The SMILES string of the molecule is COc1cc([C@H]2NC(=O)c3ccccc3N2)cc(OC)c1OC(F)F. The first kappa shape index (κ1) is 16.8. The topological polar surface area (TPSA) is 68.8 Å². The van der Waals surface area contributed by atoms with Crippen LogP contribution in [0, 0.1) is 0 Å². The molecule has 0 spiro atoms. The number of rotatable bonds is 5. The lowest BCUT2D eigenvalue weighted by molar-refractivity contribution is -0.0526. The van der Waals surface area contributed by atoms with Crippen molar-refractivity contribution in [2.24, 2.45) is 0 Å². The molecule has 0 saturated heterocycles. The second-order valence-electron chi connectivity index (χ2n) is 5.23. The van der Waals surface area contributed by atoms with Gasteiger partial charge in [-0.15, -0.1) is 0 Å². The quantitative estimate of drug-likeness (QED) is 0.867. The number of anilines is 1. The van der Waals surface area contributed by atoms with Crippen molar-refractivity contribution in [2.75, 3.05) is 19.5 Å². The van der Waals surface area contributed by atoms with E-state index in [4.69, 9.17) is 9.47 Å². The van der Waals surface area contributed by atoms with Crippen LogP contribution in [0.4, 0.5) is 14.5 Å². The lowest BCUT2D eigenvalue weighted by Gasteiger charge is -2.29. The Labute approximate surface area is 142 Å². The Morgan fingerprint density at radius 1 is 1.04 bits per heavy atom. The van der Waals surface area contributed by atoms with Gasteiger partial charge in [0.05, 0.1) is 19.8 Å². The number of carbonyl (C=O) groups excluding carboxylic acids is 1. The highest BCUT2D eigenvalue weighted by molar-refractivity contribution is 6.01. The van der Waals surface area contributed by atoms with E-state index >= 15 is 0 Å². The number of methoxy groups -OCH3 is 2. The van der Waals surface area contributed by atoms with Crippen molar-refractivity contribution < 1.29 is 27.8 Å². The molecular weight excluding hydrogens is 334 g/mol. The lowest BCUT2D eigenvalue weighted by Crippen LogP contribution is -2.38. The number of halogens is 2. The van der Waals surface area contributed by atoms with E-state index in [1.807, 2.05) is 6.07 Å². The van der Waals surface area contributed by atoms with E-state index in [9.17, 15) is 13.6 Å². The van der Waals surface area contributed by atoms with Crippen molar-refractivity contribution in [3.8, 4) is 17.2 Å². The van der Waals surface area contributed by atoms with Crippen LogP contribution >= 0.6 is 0 Å². The van der Waals surface area contributed by atoms with Gasteiger partial charge in [-0.1, -0.05) is 12.1 Å². The summed E-state index contributed by atoms with van der Waals surface area (Å²) in [7, 11) is 2.66. The first-order chi connectivity index (χ1) is 12.0. The van der Waals surface area contributed by atoms with Crippen LogP contribution in [0.5, 0.6) is 17.2 Å². The van der Waals surface area contributed by atoms with E-state index in [2.05, 4.69) is 15.4 Å². The van der Waals surface area contributed by atoms with Crippen LogP contribution in [0.3, 0.4) is 0 Å². The number of nitrogens with one attached hydrogen (secondary N) is 2. The van der Waals surface area contributed by atoms with Gasteiger partial charge in [0.1, 0.15) is 6.17 Å². The largest absolute Gasteiger partial charge is 0.493 e. The van der Waals surface area contributed by atoms with Crippen molar-refractivity contribution in [2.45, 2.75) is 12.8 Å². The summed E-state index contributed by atoms with van der Waals surface area (Å²) >= 11 is 0. The van der Waals surface area contributed by atoms with Gasteiger partial charge in [0.15, 0.2) is 11.5 Å². The maximum atomic E-state index is 12.6. The molecule has 1 amide bonds. The first-order valence-electron chi connectivity index (χ1n) is 7.40. The molecule has 1 atom stereocenters. The average molecular weight is 350 g/mol. The summed E-state index contributed by atoms with van der Waals surface area (Å²) in [6.45, 7) is -3.02. The van der Waals surface area contributed by atoms with Crippen LogP contribution in [0.25, 0.3) is 0 Å². The maximum absolute atomic E-state index is 12.6. The van der Waals surface area contributed by atoms with Crippen molar-refractivity contribution in [3.63, 3.8) is 0 Å². The fourth-order valence-corrected chi connectivity index (χ4v) is 2.65. The molecule has 2 aromatic carbocycles. The van der Waals surface area contributed by atoms with E-state index in [0.717, 1.165) is 0 Å². The summed E-state index contributed by atoms with van der Waals surface area (Å²) in [6.07, 6.45) is -0.578. The highest BCUT2D eigenvalue weighted by atomic mass is 19.3. The normalized spacial score (nSPS) is 15.9. The number of alkyl halides is 2. The Hall–Kier alpha value is -3.03. The van der Waals surface area contributed by atoms with Crippen molar-refractivity contribution in [3.05, 3.63) is 47.5 Å². The van der Waals surface area contributed by atoms with Gasteiger partial charge in [-0.05, 0) is 24.3 Å². The predicted octanol–water partition coefficient (Wildman–Crippen LogP) is 3.16. The fraction of sp³-hybridized carbons (Fsp3) is 0.235. The Morgan fingerprint density at radius 3 is 2.28 bits per heavy atom. The highest BCUT2D eigenvalue weighted by Gasteiger charge is 2.27. The number of hydrogen-bond donors (Lipinski definition) is 2. The summed E-state index contributed by atoms with van der Waals surface area (Å²) in [5.74, 6) is -0.300. The van der Waals surface area contributed by atoms with E-state index in [1.54, 1.807) is 18.2 Å². The Kier molecular flexibility index (Phi) is 4.60. The number of benzene rings is 2. The molecule has 0 aliphatic carbocycles. The molecule has 6 nitrogen and oxygen atoms in total. The number of fused-ring (bicyclic) bond motifs is 1. The Morgan fingerprint density at radius 2 is 1.68 bits per heavy atom. The van der Waals surface area contributed by atoms with Crippen molar-refractivity contribution in [1.82, 2.24) is 5.32 Å². The third-order valence-electron chi connectivity index (χ3n) is 3.77. The summed E-state index contributed by atoms with van der Waals surface area (Å²) in [4.78, 5) is 12.3. The van der Waals surface area contributed by atoms with E-state index in [-0.39, 0.29) is 23.2 Å². The molecule has 1 heterocycles. The minimum absolute atomic E-state index is 0.0737. The minimum Gasteiger partial charge on any atom is -0.493 e. The lowest BCUT2D eigenvalue weighted by atomic mass is 10.0. The molecule has 0 radical (unpaired) electrons. The van der Waals surface area contributed by atoms with E-state index in [0.29, 0.717) is 16.8 Å². The molecular formula is C17H16F2N2O4. The van der Waals surface area contributed by atoms with Gasteiger partial charge in [0.25, 0.3) is 5.91 Å². The van der Waals surface area contributed by atoms with Crippen LogP contribution in [0.1, 0.15) is 22.1 Å². The predicted molar refractivity (Wildman–Crippen MR) is 86.4 cm³/mol. The summed E-state index contributed by atoms with van der Waals surface area (Å²) in [5.41, 5.74) is 1.76. The fourth-order valence-electron chi connectivity index (χ4n) is 2.65. The summed E-state index contributed by atoms with van der Waals surface area (Å²) < 4.78 is 40.0. The van der Waals surface area contributed by atoms with E-state index in [1.165, 1.54) is 26.4 Å². The summed E-state index contributed by atoms with van der Waals surface area (Å²) in [6, 6.07) is 10.1. The molecule has 132 valence electrons. The molecule has 2 N–H and O–H groups in total. The standard InChI is InChI=1S/C17H16F2N2O4/c1-23-12-7-9(8-13(24-2)14(12)25-17(18)19)15-20-11-6-4-3-5-10(11)16(22)21-15/h3-8,15,17,20H,1-2H3,(H,21,22)/t15-/m1/s1. The molecule has 0 fully saturated rings. The van der Waals surface area contributed by atoms with Crippen LogP contribution < -0.4 is 24.8 Å². The number of carbonyl (C=O) groups is 1. The number of amides is 1. The highest BCUT2D eigenvalue weighted by Crippen LogP contribution is 2.41. The molecule has 0 aromatic heterocycles. The van der Waals surface area contributed by atoms with Gasteiger partial charge in [-0.3, -0.25) is 4.79 Å². The van der Waals surface area contributed by atoms with Crippen LogP contribution in [0.2, 0.25) is 0 Å². The molecule has 0 saturated carbocycles. The second kappa shape index (κ2) is 6.84. The monoisotopic (exact) mass is 350 g/mol. The third-order valence-corrected chi connectivity index (χ3v) is 3.77. The maximum Gasteiger partial charge on any atom is 0.387 e. The number of hydrogen-bond acceptors (Lipinski definition) is 5. The average Bonchev–Trinajstić information content (AvgIpc) is 2.61. The van der Waals surface area contributed by atoms with Gasteiger partial charge in [0, 0.05) is 11.3 Å². The van der Waals surface area contributed by atoms with Gasteiger partial charge in [-0.2, -0.15) is 8.78 Å². The van der Waals surface area contributed by atoms with Crippen LogP contribution in [-0.4, -0.2) is 26.7 Å². The first-order valence-corrected chi connectivity index (χ1v) is 7.40. The number of ether oxygens (including phenoxy) is 3. The van der Waals surface area contributed by atoms with Crippen molar-refractivity contribution >= 4 is 11.6 Å². The molecule has 0 bridgehead atoms. The Balaban J connectivity index is 1.99.